The second-order valence-electron chi connectivity index (χ2n) is 6.60. The molecule has 0 aliphatic rings. The van der Waals surface area contributed by atoms with Gasteiger partial charge in [0.15, 0.2) is 5.76 Å². The average Bonchev–Trinajstić information content (AvgIpc) is 2.69. The summed E-state index contributed by atoms with van der Waals surface area (Å²) < 4.78 is 18.1. The summed E-state index contributed by atoms with van der Waals surface area (Å²) in [6.45, 7) is 13.9. The molecule has 0 fully saturated rings. The van der Waals surface area contributed by atoms with Gasteiger partial charge in [-0.25, -0.2) is 4.39 Å². The second kappa shape index (κ2) is 15.3. The summed E-state index contributed by atoms with van der Waals surface area (Å²) in [6.07, 6.45) is 8.70. The predicted molar refractivity (Wildman–Crippen MR) is 115 cm³/mol. The Morgan fingerprint density at radius 3 is 2.56 bits per heavy atom. The fourth-order valence-electron chi connectivity index (χ4n) is 3.07. The molecule has 0 heterocycles. The Labute approximate surface area is 164 Å². The van der Waals surface area contributed by atoms with E-state index >= 15 is 0 Å². The number of halogens is 1. The van der Waals surface area contributed by atoms with Gasteiger partial charge in [0.1, 0.15) is 6.61 Å². The van der Waals surface area contributed by atoms with Crippen LogP contribution in [0.15, 0.2) is 46.0 Å². The van der Waals surface area contributed by atoms with Crippen LogP contribution in [0.1, 0.15) is 46.0 Å². The maximum Gasteiger partial charge on any atom is 0.155 e. The Morgan fingerprint density at radius 1 is 1.30 bits per heavy atom. The molecule has 3 N–H and O–H groups in total. The molecule has 0 bridgehead atoms. The average molecular weight is 381 g/mol. The van der Waals surface area contributed by atoms with Crippen LogP contribution >= 0.6 is 0 Å². The van der Waals surface area contributed by atoms with E-state index < -0.39 is 0 Å². The van der Waals surface area contributed by atoms with Gasteiger partial charge in [-0.05, 0) is 51.4 Å². The minimum atomic E-state index is 0.0644. The van der Waals surface area contributed by atoms with E-state index in [0.717, 1.165) is 38.6 Å². The summed E-state index contributed by atoms with van der Waals surface area (Å²) >= 11 is 0. The summed E-state index contributed by atoms with van der Waals surface area (Å²) in [7, 11) is 1.97. The van der Waals surface area contributed by atoms with Crippen LogP contribution in [0.25, 0.3) is 0 Å². The van der Waals surface area contributed by atoms with E-state index in [1.807, 2.05) is 7.05 Å². The molecule has 154 valence electrons. The van der Waals surface area contributed by atoms with Crippen LogP contribution in [0.2, 0.25) is 0 Å². The lowest BCUT2D eigenvalue weighted by Crippen LogP contribution is -2.28. The normalized spacial score (nSPS) is 15.0. The van der Waals surface area contributed by atoms with Gasteiger partial charge in [0, 0.05) is 18.7 Å². The zero-order valence-electron chi connectivity index (χ0n) is 17.3. The van der Waals surface area contributed by atoms with E-state index in [4.69, 9.17) is 10.5 Å². The SMILES string of the molecule is C=N/C=C(\C=NCCC(CCC)(CCNC)C(=C)CC)OC/C(=C/F)CN. The van der Waals surface area contributed by atoms with Crippen molar-refractivity contribution in [3.63, 3.8) is 0 Å². The van der Waals surface area contributed by atoms with Crippen molar-refractivity contribution in [3.05, 3.63) is 36.0 Å². The maximum atomic E-state index is 12.6. The van der Waals surface area contributed by atoms with E-state index in [9.17, 15) is 4.39 Å². The van der Waals surface area contributed by atoms with Crippen molar-refractivity contribution in [1.29, 1.82) is 0 Å². The zero-order chi connectivity index (χ0) is 20.5. The van der Waals surface area contributed by atoms with Gasteiger partial charge in [-0.1, -0.05) is 32.4 Å². The summed E-state index contributed by atoms with van der Waals surface area (Å²) in [5, 5.41) is 3.25. The van der Waals surface area contributed by atoms with Crippen molar-refractivity contribution in [1.82, 2.24) is 5.32 Å². The van der Waals surface area contributed by atoms with Crippen molar-refractivity contribution in [2.75, 3.05) is 33.3 Å². The first-order valence-electron chi connectivity index (χ1n) is 9.63. The van der Waals surface area contributed by atoms with Crippen LogP contribution in [-0.2, 0) is 4.74 Å². The van der Waals surface area contributed by atoms with Gasteiger partial charge >= 0.3 is 0 Å². The van der Waals surface area contributed by atoms with E-state index in [2.05, 4.69) is 42.4 Å². The maximum absolute atomic E-state index is 12.6. The third kappa shape index (κ3) is 9.63. The van der Waals surface area contributed by atoms with Crippen molar-refractivity contribution in [3.8, 4) is 0 Å². The fraction of sp³-hybridized carbons (Fsp3) is 0.619. The van der Waals surface area contributed by atoms with Crippen LogP contribution in [-0.4, -0.2) is 46.2 Å². The molecule has 0 aliphatic carbocycles. The first kappa shape index (κ1) is 25.2. The van der Waals surface area contributed by atoms with E-state index in [1.165, 1.54) is 11.8 Å². The molecule has 1 atom stereocenters. The largest absolute Gasteiger partial charge is 0.486 e. The first-order valence-corrected chi connectivity index (χ1v) is 9.63. The van der Waals surface area contributed by atoms with Gasteiger partial charge in [0.05, 0.1) is 18.7 Å². The molecule has 5 nitrogen and oxygen atoms in total. The number of ether oxygens (including phenoxy) is 1. The lowest BCUT2D eigenvalue weighted by molar-refractivity contribution is 0.257. The molecule has 6 heteroatoms. The molecular weight excluding hydrogens is 343 g/mol. The van der Waals surface area contributed by atoms with E-state index in [1.54, 1.807) is 6.21 Å². The third-order valence-corrected chi connectivity index (χ3v) is 4.76. The Kier molecular flexibility index (Phi) is 14.3. The van der Waals surface area contributed by atoms with Crippen LogP contribution < -0.4 is 11.1 Å². The molecule has 27 heavy (non-hydrogen) atoms. The molecule has 1 unspecified atom stereocenters. The van der Waals surface area contributed by atoms with E-state index in [0.29, 0.717) is 24.2 Å². The molecule has 0 aromatic rings. The summed E-state index contributed by atoms with van der Waals surface area (Å²) in [5.41, 5.74) is 7.18. The van der Waals surface area contributed by atoms with Crippen molar-refractivity contribution < 1.29 is 9.13 Å². The molecule has 0 aliphatic heterocycles. The molecule has 0 amide bonds. The number of hydrogen-bond acceptors (Lipinski definition) is 5. The standard InChI is InChI=1S/C21H37FN4O/c1-6-8-21(9-11-24-4,18(3)7-2)10-12-26-16-20(15-25-5)27-17-19(13-22)14-23/h13,15-16,24H,3,5-12,14,17,23H2,1-2,4H3/b19-13+,20-15+,26-16?. The minimum absolute atomic E-state index is 0.0644. The fourth-order valence-corrected chi connectivity index (χ4v) is 3.07. The molecule has 0 rings (SSSR count). The molecule has 0 spiro atoms. The third-order valence-electron chi connectivity index (χ3n) is 4.76. The van der Waals surface area contributed by atoms with Crippen LogP contribution in [0.4, 0.5) is 4.39 Å². The van der Waals surface area contributed by atoms with Crippen LogP contribution in [0, 0.1) is 5.41 Å². The lowest BCUT2D eigenvalue weighted by Gasteiger charge is -2.35. The second-order valence-corrected chi connectivity index (χ2v) is 6.60. The van der Waals surface area contributed by atoms with Crippen LogP contribution in [0.3, 0.4) is 0 Å². The first-order chi connectivity index (χ1) is 13.0. The minimum Gasteiger partial charge on any atom is -0.486 e. The molecule has 0 aromatic heterocycles. The topological polar surface area (TPSA) is 72.0 Å². The number of allylic oxidation sites excluding steroid dienone is 2. The van der Waals surface area contributed by atoms with Crippen molar-refractivity contribution >= 4 is 12.9 Å². The molecule has 0 radical (unpaired) electrons. The number of aliphatic imine (C=N–C) groups is 2. The highest BCUT2D eigenvalue weighted by molar-refractivity contribution is 5.76. The number of nitrogens with zero attached hydrogens (tertiary/aromatic N) is 2. The Morgan fingerprint density at radius 2 is 2.04 bits per heavy atom. The van der Waals surface area contributed by atoms with Gasteiger partial charge in [-0.3, -0.25) is 9.98 Å². The number of hydrogen-bond donors (Lipinski definition) is 2. The summed E-state index contributed by atoms with van der Waals surface area (Å²) in [6, 6.07) is 0. The van der Waals surface area contributed by atoms with Crippen LogP contribution in [0.5, 0.6) is 0 Å². The summed E-state index contributed by atoms with van der Waals surface area (Å²) in [5.74, 6) is 0.434. The Hall–Kier alpha value is -1.79. The zero-order valence-corrected chi connectivity index (χ0v) is 17.3. The molecular formula is C21H37FN4O. The molecule has 0 aromatic carbocycles. The number of rotatable bonds is 16. The quantitative estimate of drug-likeness (QED) is 0.240. The highest BCUT2D eigenvalue weighted by atomic mass is 19.1. The van der Waals surface area contributed by atoms with Crippen molar-refractivity contribution in [2.24, 2.45) is 21.1 Å². The van der Waals surface area contributed by atoms with Gasteiger partial charge < -0.3 is 15.8 Å². The van der Waals surface area contributed by atoms with Gasteiger partial charge in [-0.2, -0.15) is 0 Å². The lowest BCUT2D eigenvalue weighted by atomic mass is 9.71. The highest BCUT2D eigenvalue weighted by Gasteiger charge is 2.30. The van der Waals surface area contributed by atoms with Gasteiger partial charge in [-0.15, -0.1) is 0 Å². The highest BCUT2D eigenvalue weighted by Crippen LogP contribution is 2.40. The number of nitrogens with one attached hydrogen (secondary N) is 1. The molecule has 0 saturated carbocycles. The number of nitrogens with two attached hydrogens (primary N) is 1. The van der Waals surface area contributed by atoms with Gasteiger partial charge in [0.25, 0.3) is 0 Å². The van der Waals surface area contributed by atoms with E-state index in [-0.39, 0.29) is 18.6 Å². The monoisotopic (exact) mass is 380 g/mol. The smallest absolute Gasteiger partial charge is 0.155 e. The Balaban J connectivity index is 5.00. The van der Waals surface area contributed by atoms with Gasteiger partial charge in [0.2, 0.25) is 0 Å². The summed E-state index contributed by atoms with van der Waals surface area (Å²) in [4.78, 5) is 8.21. The van der Waals surface area contributed by atoms with Crippen molar-refractivity contribution in [2.45, 2.75) is 46.0 Å². The molecule has 0 saturated heterocycles. The predicted octanol–water partition coefficient (Wildman–Crippen LogP) is 4.18. The Bertz CT molecular complexity index is 528.